The monoisotopic (exact) mass is 334 g/mol. The van der Waals surface area contributed by atoms with Gasteiger partial charge in [0.05, 0.1) is 23.6 Å². The Morgan fingerprint density at radius 3 is 2.92 bits per heavy atom. The molecule has 0 bridgehead atoms. The average Bonchev–Trinajstić information content (AvgIpc) is 3.06. The number of aromatic nitrogens is 2. The summed E-state index contributed by atoms with van der Waals surface area (Å²) in [6, 6.07) is 12.6. The molecule has 6 heteroatoms. The minimum absolute atomic E-state index is 0.703. The van der Waals surface area contributed by atoms with E-state index in [0.717, 1.165) is 41.3 Å². The van der Waals surface area contributed by atoms with Gasteiger partial charge in [-0.2, -0.15) is 0 Å². The second-order valence-corrected chi connectivity index (χ2v) is 6.06. The quantitative estimate of drug-likeness (QED) is 0.664. The summed E-state index contributed by atoms with van der Waals surface area (Å²) < 4.78 is 0. The van der Waals surface area contributed by atoms with E-state index < -0.39 is 0 Å². The highest BCUT2D eigenvalue weighted by atomic mass is 15.3. The molecule has 1 aromatic heterocycles. The Kier molecular flexibility index (Phi) is 4.01. The minimum atomic E-state index is 0.703. The first kappa shape index (κ1) is 15.5. The predicted octanol–water partition coefficient (Wildman–Crippen LogP) is 3.49. The van der Waals surface area contributed by atoms with Crippen molar-refractivity contribution in [1.82, 2.24) is 9.97 Å². The molecular formula is C19H22N6. The molecule has 0 amide bonds. The highest BCUT2D eigenvalue weighted by Crippen LogP contribution is 2.36. The summed E-state index contributed by atoms with van der Waals surface area (Å²) in [7, 11) is 1.94. The van der Waals surface area contributed by atoms with Crippen LogP contribution in [0.15, 0.2) is 42.7 Å². The molecule has 0 spiro atoms. The van der Waals surface area contributed by atoms with E-state index in [-0.39, 0.29) is 0 Å². The zero-order valence-corrected chi connectivity index (χ0v) is 14.5. The minimum Gasteiger partial charge on any atom is -0.388 e. The molecule has 2 aromatic carbocycles. The molecule has 1 aliphatic heterocycles. The Balaban J connectivity index is 1.66. The van der Waals surface area contributed by atoms with Gasteiger partial charge in [-0.25, -0.2) is 9.97 Å². The number of anilines is 4. The van der Waals surface area contributed by atoms with Gasteiger partial charge in [-0.15, -0.1) is 0 Å². The van der Waals surface area contributed by atoms with E-state index in [1.807, 2.05) is 19.2 Å². The second-order valence-electron chi connectivity index (χ2n) is 6.06. The van der Waals surface area contributed by atoms with E-state index in [2.05, 4.69) is 62.0 Å². The van der Waals surface area contributed by atoms with E-state index in [1.165, 1.54) is 11.3 Å². The third kappa shape index (κ3) is 2.80. The number of benzene rings is 2. The lowest BCUT2D eigenvalue weighted by atomic mass is 10.1. The van der Waals surface area contributed by atoms with Crippen molar-refractivity contribution in [3.63, 3.8) is 0 Å². The third-order valence-electron chi connectivity index (χ3n) is 4.67. The number of hydrogen-bond donors (Lipinski definition) is 3. The summed E-state index contributed by atoms with van der Waals surface area (Å²) in [5.74, 6) is 0.857. The molecular weight excluding hydrogens is 312 g/mol. The Morgan fingerprint density at radius 2 is 2.08 bits per heavy atom. The van der Waals surface area contributed by atoms with Gasteiger partial charge in [-0.05, 0) is 30.7 Å². The molecule has 4 rings (SSSR count). The van der Waals surface area contributed by atoms with E-state index in [0.29, 0.717) is 6.54 Å². The molecule has 0 radical (unpaired) electrons. The largest absolute Gasteiger partial charge is 0.388 e. The number of nitrogens with zero attached hydrogens (tertiary/aromatic N) is 3. The molecule has 128 valence electrons. The van der Waals surface area contributed by atoms with Gasteiger partial charge < -0.3 is 20.9 Å². The van der Waals surface area contributed by atoms with Gasteiger partial charge in [0, 0.05) is 31.2 Å². The van der Waals surface area contributed by atoms with Crippen molar-refractivity contribution < 1.29 is 0 Å². The van der Waals surface area contributed by atoms with Gasteiger partial charge in [0.2, 0.25) is 0 Å². The van der Waals surface area contributed by atoms with Gasteiger partial charge >= 0.3 is 0 Å². The van der Waals surface area contributed by atoms with Gasteiger partial charge in [0.1, 0.15) is 12.1 Å². The van der Waals surface area contributed by atoms with Crippen LogP contribution in [0.25, 0.3) is 10.9 Å². The van der Waals surface area contributed by atoms with Crippen molar-refractivity contribution in [3.05, 3.63) is 48.3 Å². The predicted molar refractivity (Wildman–Crippen MR) is 104 cm³/mol. The third-order valence-corrected chi connectivity index (χ3v) is 4.67. The SMILES string of the molecule is CCN1CNc2cc3c(NCc4ccccc4NC)ncnc3cc21. The van der Waals surface area contributed by atoms with E-state index in [1.54, 1.807) is 6.33 Å². The van der Waals surface area contributed by atoms with Crippen LogP contribution in [0.3, 0.4) is 0 Å². The standard InChI is InChI=1S/C19H22N6/c1-3-25-12-24-17-8-14-16(9-18(17)25)22-11-23-19(14)21-10-13-6-4-5-7-15(13)20-2/h4-9,11,20,24H,3,10,12H2,1-2H3,(H,21,22,23). The maximum absolute atomic E-state index is 4.46. The highest BCUT2D eigenvalue weighted by molar-refractivity contribution is 5.97. The van der Waals surface area contributed by atoms with Crippen molar-refractivity contribution in [2.75, 3.05) is 41.1 Å². The van der Waals surface area contributed by atoms with E-state index >= 15 is 0 Å². The Bertz CT molecular complexity index is 908. The number of para-hydroxylation sites is 1. The molecule has 1 aliphatic rings. The highest BCUT2D eigenvalue weighted by Gasteiger charge is 2.19. The van der Waals surface area contributed by atoms with E-state index in [9.17, 15) is 0 Å². The second kappa shape index (κ2) is 6.47. The van der Waals surface area contributed by atoms with Crippen LogP contribution in [0.4, 0.5) is 22.9 Å². The van der Waals surface area contributed by atoms with Crippen LogP contribution in [0.2, 0.25) is 0 Å². The van der Waals surface area contributed by atoms with Crippen molar-refractivity contribution in [1.29, 1.82) is 0 Å². The van der Waals surface area contributed by atoms with Crippen LogP contribution in [0.5, 0.6) is 0 Å². The smallest absolute Gasteiger partial charge is 0.137 e. The first-order chi connectivity index (χ1) is 12.3. The fourth-order valence-corrected chi connectivity index (χ4v) is 3.28. The number of hydrogen-bond acceptors (Lipinski definition) is 6. The van der Waals surface area contributed by atoms with Crippen molar-refractivity contribution in [2.45, 2.75) is 13.5 Å². The summed E-state index contributed by atoms with van der Waals surface area (Å²) in [5, 5.41) is 11.2. The van der Waals surface area contributed by atoms with Crippen molar-refractivity contribution in [3.8, 4) is 0 Å². The molecule has 0 saturated carbocycles. The van der Waals surface area contributed by atoms with Crippen LogP contribution in [0.1, 0.15) is 12.5 Å². The summed E-state index contributed by atoms with van der Waals surface area (Å²) in [5.41, 5.74) is 5.63. The Morgan fingerprint density at radius 1 is 1.20 bits per heavy atom. The van der Waals surface area contributed by atoms with Crippen molar-refractivity contribution >= 4 is 33.8 Å². The van der Waals surface area contributed by atoms with Crippen LogP contribution in [-0.2, 0) is 6.54 Å². The maximum atomic E-state index is 4.46. The molecule has 3 aromatic rings. The van der Waals surface area contributed by atoms with Gasteiger partial charge in [0.15, 0.2) is 0 Å². The Labute approximate surface area is 147 Å². The van der Waals surface area contributed by atoms with Crippen LogP contribution in [0, 0.1) is 0 Å². The molecule has 0 aliphatic carbocycles. The lowest BCUT2D eigenvalue weighted by Gasteiger charge is -2.15. The number of nitrogens with one attached hydrogen (secondary N) is 3. The van der Waals surface area contributed by atoms with E-state index in [4.69, 9.17) is 0 Å². The lowest BCUT2D eigenvalue weighted by Crippen LogP contribution is -2.21. The fraction of sp³-hybridized carbons (Fsp3) is 0.263. The first-order valence-corrected chi connectivity index (χ1v) is 8.57. The molecule has 3 N–H and O–H groups in total. The van der Waals surface area contributed by atoms with Gasteiger partial charge in [0.25, 0.3) is 0 Å². The summed E-state index contributed by atoms with van der Waals surface area (Å²) in [6.45, 7) is 4.68. The first-order valence-electron chi connectivity index (χ1n) is 8.57. The summed E-state index contributed by atoms with van der Waals surface area (Å²) >= 11 is 0. The molecule has 25 heavy (non-hydrogen) atoms. The molecule has 2 heterocycles. The zero-order valence-electron chi connectivity index (χ0n) is 14.5. The zero-order chi connectivity index (χ0) is 17.2. The number of fused-ring (bicyclic) bond motifs is 2. The van der Waals surface area contributed by atoms with Crippen LogP contribution < -0.4 is 20.9 Å². The fourth-order valence-electron chi connectivity index (χ4n) is 3.28. The van der Waals surface area contributed by atoms with Gasteiger partial charge in [-0.3, -0.25) is 0 Å². The molecule has 0 atom stereocenters. The van der Waals surface area contributed by atoms with Crippen LogP contribution in [-0.4, -0.2) is 30.2 Å². The molecule has 0 fully saturated rings. The maximum Gasteiger partial charge on any atom is 0.137 e. The molecule has 0 unspecified atom stereocenters. The van der Waals surface area contributed by atoms with Crippen molar-refractivity contribution in [2.24, 2.45) is 0 Å². The molecule has 0 saturated heterocycles. The van der Waals surface area contributed by atoms with Gasteiger partial charge in [-0.1, -0.05) is 18.2 Å². The summed E-state index contributed by atoms with van der Waals surface area (Å²) in [6.07, 6.45) is 1.62. The Hall–Kier alpha value is -3.02. The van der Waals surface area contributed by atoms with Crippen LogP contribution >= 0.6 is 0 Å². The molecule has 6 nitrogen and oxygen atoms in total. The normalized spacial score (nSPS) is 12.8. The topological polar surface area (TPSA) is 65.1 Å². The summed E-state index contributed by atoms with van der Waals surface area (Å²) in [4.78, 5) is 11.2. The lowest BCUT2D eigenvalue weighted by molar-refractivity contribution is 0.911. The number of rotatable bonds is 5. The average molecular weight is 334 g/mol.